The number of hydrogen-bond acceptors (Lipinski definition) is 5. The van der Waals surface area contributed by atoms with Crippen LogP contribution in [0.1, 0.15) is 41.9 Å². The quantitative estimate of drug-likeness (QED) is 0.784. The number of phenols is 1. The van der Waals surface area contributed by atoms with Crippen LogP contribution in [0, 0.1) is 0 Å². The maximum atomic E-state index is 13.3. The van der Waals surface area contributed by atoms with E-state index < -0.39 is 6.17 Å². The van der Waals surface area contributed by atoms with Crippen molar-refractivity contribution in [1.29, 1.82) is 0 Å². The first-order valence-electron chi connectivity index (χ1n) is 9.51. The van der Waals surface area contributed by atoms with E-state index in [4.69, 9.17) is 21.1 Å². The van der Waals surface area contributed by atoms with Crippen molar-refractivity contribution in [3.8, 4) is 11.5 Å². The number of anilines is 1. The highest BCUT2D eigenvalue weighted by Gasteiger charge is 2.35. The van der Waals surface area contributed by atoms with Crippen LogP contribution in [0.4, 0.5) is 5.69 Å². The van der Waals surface area contributed by atoms with Gasteiger partial charge in [0.25, 0.3) is 5.91 Å². The first-order valence-corrected chi connectivity index (χ1v) is 9.89. The summed E-state index contributed by atoms with van der Waals surface area (Å²) in [6.07, 6.45) is 1.50. The van der Waals surface area contributed by atoms with Crippen LogP contribution in [0.3, 0.4) is 0 Å². The number of halogens is 1. The second-order valence-corrected chi connectivity index (χ2v) is 7.37. The number of benzene rings is 2. The monoisotopic (exact) mass is 402 g/mol. The van der Waals surface area contributed by atoms with Gasteiger partial charge in [-0.15, -0.1) is 0 Å². The van der Waals surface area contributed by atoms with Crippen LogP contribution in [0.2, 0.25) is 5.02 Å². The summed E-state index contributed by atoms with van der Waals surface area (Å²) in [7, 11) is 0. The molecule has 7 heteroatoms. The number of carbonyl (C=O) groups is 1. The summed E-state index contributed by atoms with van der Waals surface area (Å²) in [4.78, 5) is 15.0. The summed E-state index contributed by atoms with van der Waals surface area (Å²) >= 11 is 6.24. The Labute approximate surface area is 169 Å². The Bertz CT molecular complexity index is 883. The summed E-state index contributed by atoms with van der Waals surface area (Å²) in [5.74, 6) is 0.146. The summed E-state index contributed by atoms with van der Waals surface area (Å²) in [5.41, 5.74) is 2.14. The Balaban J connectivity index is 1.75. The van der Waals surface area contributed by atoms with Crippen LogP contribution in [0.25, 0.3) is 0 Å². The van der Waals surface area contributed by atoms with Crippen LogP contribution in [0.5, 0.6) is 11.5 Å². The highest BCUT2D eigenvalue weighted by molar-refractivity contribution is 6.32. The normalized spacial score (nSPS) is 21.4. The van der Waals surface area contributed by atoms with Gasteiger partial charge < -0.3 is 24.8 Å². The van der Waals surface area contributed by atoms with Gasteiger partial charge in [-0.05, 0) is 44.0 Å². The molecular formula is C21H23ClN2O4. The third-order valence-electron chi connectivity index (χ3n) is 5.11. The van der Waals surface area contributed by atoms with Crippen molar-refractivity contribution in [3.63, 3.8) is 0 Å². The fourth-order valence-electron chi connectivity index (χ4n) is 3.77. The Kier molecular flexibility index (Phi) is 5.33. The predicted octanol–water partition coefficient (Wildman–Crippen LogP) is 4.19. The number of rotatable bonds is 5. The molecule has 0 bridgehead atoms. The zero-order valence-electron chi connectivity index (χ0n) is 15.7. The van der Waals surface area contributed by atoms with E-state index in [0.29, 0.717) is 24.5 Å². The highest BCUT2D eigenvalue weighted by Crippen LogP contribution is 2.40. The maximum Gasteiger partial charge on any atom is 0.257 e. The Hall–Kier alpha value is -2.44. The van der Waals surface area contributed by atoms with Gasteiger partial charge in [0.15, 0.2) is 11.5 Å². The lowest BCUT2D eigenvalue weighted by molar-refractivity contribution is 0.0426. The number of amides is 1. The molecule has 2 aromatic rings. The zero-order valence-corrected chi connectivity index (χ0v) is 16.4. The van der Waals surface area contributed by atoms with Crippen molar-refractivity contribution < 1.29 is 19.4 Å². The third kappa shape index (κ3) is 3.50. The lowest BCUT2D eigenvalue weighted by Gasteiger charge is -2.39. The zero-order chi connectivity index (χ0) is 19.7. The molecule has 0 spiro atoms. The lowest BCUT2D eigenvalue weighted by atomic mass is 10.0. The highest BCUT2D eigenvalue weighted by atomic mass is 35.5. The van der Waals surface area contributed by atoms with Crippen LogP contribution in [0.15, 0.2) is 36.4 Å². The van der Waals surface area contributed by atoms with E-state index in [1.165, 1.54) is 0 Å². The SMILES string of the molecule is CCOc1cc(C2Nc3ccccc3C(=O)N2CC2CCCO2)cc(Cl)c1O. The van der Waals surface area contributed by atoms with Gasteiger partial charge >= 0.3 is 0 Å². The Morgan fingerprint density at radius 3 is 2.93 bits per heavy atom. The number of aromatic hydroxyl groups is 1. The van der Waals surface area contributed by atoms with Crippen LogP contribution in [-0.4, -0.2) is 41.8 Å². The van der Waals surface area contributed by atoms with E-state index in [0.717, 1.165) is 30.7 Å². The van der Waals surface area contributed by atoms with Crippen LogP contribution < -0.4 is 10.1 Å². The molecule has 2 N–H and O–H groups in total. The van der Waals surface area contributed by atoms with Gasteiger partial charge in [-0.3, -0.25) is 4.79 Å². The molecule has 0 aromatic heterocycles. The minimum absolute atomic E-state index is 0.0115. The van der Waals surface area contributed by atoms with E-state index in [2.05, 4.69) is 5.32 Å². The minimum Gasteiger partial charge on any atom is -0.503 e. The summed E-state index contributed by atoms with van der Waals surface area (Å²) in [6.45, 7) is 3.43. The summed E-state index contributed by atoms with van der Waals surface area (Å²) in [6, 6.07) is 10.8. The van der Waals surface area contributed by atoms with E-state index in [-0.39, 0.29) is 22.8 Å². The number of phenolic OH excluding ortho intramolecular Hbond substituents is 1. The van der Waals surface area contributed by atoms with Gasteiger partial charge in [-0.1, -0.05) is 23.7 Å². The number of nitrogens with zero attached hydrogens (tertiary/aromatic N) is 1. The lowest BCUT2D eigenvalue weighted by Crippen LogP contribution is -2.46. The predicted molar refractivity (Wildman–Crippen MR) is 107 cm³/mol. The maximum absolute atomic E-state index is 13.3. The molecule has 2 aromatic carbocycles. The largest absolute Gasteiger partial charge is 0.503 e. The third-order valence-corrected chi connectivity index (χ3v) is 5.40. The van der Waals surface area contributed by atoms with Gasteiger partial charge in [-0.25, -0.2) is 0 Å². The minimum atomic E-state index is -0.441. The van der Waals surface area contributed by atoms with E-state index in [9.17, 15) is 9.90 Å². The molecule has 6 nitrogen and oxygen atoms in total. The number of fused-ring (bicyclic) bond motifs is 1. The van der Waals surface area contributed by atoms with Gasteiger partial charge in [-0.2, -0.15) is 0 Å². The molecule has 28 heavy (non-hydrogen) atoms. The first kappa shape index (κ1) is 18.9. The van der Waals surface area contributed by atoms with Crippen molar-refractivity contribution in [2.24, 2.45) is 0 Å². The van der Waals surface area contributed by atoms with Crippen LogP contribution in [-0.2, 0) is 4.74 Å². The van der Waals surface area contributed by atoms with Crippen molar-refractivity contribution in [1.82, 2.24) is 4.90 Å². The molecule has 2 heterocycles. The van der Waals surface area contributed by atoms with Crippen molar-refractivity contribution in [3.05, 3.63) is 52.5 Å². The summed E-state index contributed by atoms with van der Waals surface area (Å²) < 4.78 is 11.3. The molecule has 0 aliphatic carbocycles. The fourth-order valence-corrected chi connectivity index (χ4v) is 3.99. The van der Waals surface area contributed by atoms with E-state index in [1.807, 2.05) is 31.2 Å². The molecule has 2 aliphatic heterocycles. The average Bonchev–Trinajstić information content (AvgIpc) is 3.21. The van der Waals surface area contributed by atoms with E-state index >= 15 is 0 Å². The Morgan fingerprint density at radius 1 is 1.36 bits per heavy atom. The molecular weight excluding hydrogens is 380 g/mol. The number of para-hydroxylation sites is 1. The topological polar surface area (TPSA) is 71.0 Å². The van der Waals surface area contributed by atoms with Crippen molar-refractivity contribution in [2.75, 3.05) is 25.1 Å². The number of nitrogens with one attached hydrogen (secondary N) is 1. The number of carbonyl (C=O) groups excluding carboxylic acids is 1. The molecule has 148 valence electrons. The number of ether oxygens (including phenoxy) is 2. The molecule has 4 rings (SSSR count). The fraction of sp³-hybridized carbons (Fsp3) is 0.381. The van der Waals surface area contributed by atoms with Gasteiger partial charge in [0.2, 0.25) is 0 Å². The smallest absolute Gasteiger partial charge is 0.257 e. The van der Waals surface area contributed by atoms with Crippen LogP contribution >= 0.6 is 11.6 Å². The molecule has 0 saturated carbocycles. The first-order chi connectivity index (χ1) is 13.6. The second-order valence-electron chi connectivity index (χ2n) is 6.97. The molecule has 2 atom stereocenters. The average molecular weight is 403 g/mol. The van der Waals surface area contributed by atoms with Crippen molar-refractivity contribution >= 4 is 23.2 Å². The Morgan fingerprint density at radius 2 is 2.18 bits per heavy atom. The van der Waals surface area contributed by atoms with Gasteiger partial charge in [0.1, 0.15) is 6.17 Å². The molecule has 2 unspecified atom stereocenters. The molecule has 1 amide bonds. The molecule has 2 aliphatic rings. The second kappa shape index (κ2) is 7.89. The molecule has 0 radical (unpaired) electrons. The number of hydrogen-bond donors (Lipinski definition) is 2. The summed E-state index contributed by atoms with van der Waals surface area (Å²) in [5, 5.41) is 13.8. The molecule has 1 fully saturated rings. The molecule has 1 saturated heterocycles. The standard InChI is InChI=1S/C21H23ClN2O4/c1-2-27-18-11-13(10-16(22)19(18)25)20-23-17-8-4-3-7-15(17)21(26)24(20)12-14-6-5-9-28-14/h3-4,7-8,10-11,14,20,23,25H,2,5-6,9,12H2,1H3. The van der Waals surface area contributed by atoms with Gasteiger partial charge in [0.05, 0.1) is 23.3 Å². The van der Waals surface area contributed by atoms with Gasteiger partial charge in [0, 0.05) is 24.4 Å². The van der Waals surface area contributed by atoms with E-state index in [1.54, 1.807) is 17.0 Å². The van der Waals surface area contributed by atoms with Crippen molar-refractivity contribution in [2.45, 2.75) is 32.0 Å².